The molecular weight excluding hydrogens is 240 g/mol. The van der Waals surface area contributed by atoms with Crippen molar-refractivity contribution in [1.29, 1.82) is 0 Å². The molecule has 0 atom stereocenters. The van der Waals surface area contributed by atoms with E-state index in [0.717, 1.165) is 5.56 Å². The number of hydrogen-bond acceptors (Lipinski definition) is 7. The zero-order valence-corrected chi connectivity index (χ0v) is 9.53. The van der Waals surface area contributed by atoms with Crippen LogP contribution in [0.1, 0.15) is 11.5 Å². The highest BCUT2D eigenvalue weighted by Gasteiger charge is 2.11. The van der Waals surface area contributed by atoms with Gasteiger partial charge in [-0.2, -0.15) is 4.98 Å². The van der Waals surface area contributed by atoms with Crippen molar-refractivity contribution in [1.82, 2.24) is 20.1 Å². The first-order valence-electron chi connectivity index (χ1n) is 5.06. The molecule has 0 aliphatic carbocycles. The lowest BCUT2D eigenvalue weighted by molar-refractivity contribution is -0.142. The summed E-state index contributed by atoms with van der Waals surface area (Å²) in [6, 6.07) is 0. The van der Waals surface area contributed by atoms with E-state index in [4.69, 9.17) is 14.4 Å². The highest BCUT2D eigenvalue weighted by Crippen LogP contribution is 2.10. The Labute approximate surface area is 102 Å². The Balaban J connectivity index is 2.01. The summed E-state index contributed by atoms with van der Waals surface area (Å²) in [6.07, 6.45) is 3.28. The molecule has 2 aromatic heterocycles. The van der Waals surface area contributed by atoms with Gasteiger partial charge < -0.3 is 14.4 Å². The van der Waals surface area contributed by atoms with Crippen LogP contribution < -0.4 is 0 Å². The molecule has 0 aliphatic rings. The molecule has 2 aromatic rings. The lowest BCUT2D eigenvalue weighted by Crippen LogP contribution is -2.06. The van der Waals surface area contributed by atoms with Gasteiger partial charge in [-0.3, -0.25) is 0 Å². The molecule has 0 fully saturated rings. The molecule has 0 aromatic carbocycles. The van der Waals surface area contributed by atoms with Crippen LogP contribution in [0.15, 0.2) is 16.9 Å². The first-order valence-corrected chi connectivity index (χ1v) is 5.06. The summed E-state index contributed by atoms with van der Waals surface area (Å²) >= 11 is 0. The standard InChI is InChI=1S/C10H10N4O4/c1-6-2-11-9(12-3-6)10-13-7(18-14-10)4-17-5-8(15)16/h2-3H,4-5H2,1H3,(H,15,16). The number of carboxylic acid groups (broad SMARTS) is 1. The molecule has 18 heavy (non-hydrogen) atoms. The minimum atomic E-state index is -1.06. The molecule has 0 bridgehead atoms. The predicted molar refractivity (Wildman–Crippen MR) is 57.4 cm³/mol. The zero-order valence-electron chi connectivity index (χ0n) is 9.53. The lowest BCUT2D eigenvalue weighted by atomic mass is 10.4. The Kier molecular flexibility index (Phi) is 3.58. The van der Waals surface area contributed by atoms with E-state index in [-0.39, 0.29) is 18.3 Å². The summed E-state index contributed by atoms with van der Waals surface area (Å²) in [6.45, 7) is 1.38. The Morgan fingerprint density at radius 1 is 1.39 bits per heavy atom. The average molecular weight is 250 g/mol. The van der Waals surface area contributed by atoms with Gasteiger partial charge in [0.2, 0.25) is 11.6 Å². The number of ether oxygens (including phenoxy) is 1. The third-order valence-corrected chi connectivity index (χ3v) is 1.90. The van der Waals surface area contributed by atoms with Crippen molar-refractivity contribution in [2.75, 3.05) is 6.61 Å². The van der Waals surface area contributed by atoms with Gasteiger partial charge in [-0.15, -0.1) is 0 Å². The molecule has 1 N–H and O–H groups in total. The molecule has 0 spiro atoms. The van der Waals surface area contributed by atoms with E-state index < -0.39 is 12.6 Å². The zero-order chi connectivity index (χ0) is 13.0. The minimum Gasteiger partial charge on any atom is -0.480 e. The van der Waals surface area contributed by atoms with Crippen LogP contribution in [0.3, 0.4) is 0 Å². The number of aliphatic carboxylic acids is 1. The number of nitrogens with zero attached hydrogens (tertiary/aromatic N) is 4. The molecule has 2 rings (SSSR count). The van der Waals surface area contributed by atoms with E-state index in [1.165, 1.54) is 0 Å². The van der Waals surface area contributed by atoms with Gasteiger partial charge in [-0.05, 0) is 12.5 Å². The Morgan fingerprint density at radius 2 is 2.11 bits per heavy atom. The predicted octanol–water partition coefficient (Wildman–Crippen LogP) is 0.436. The van der Waals surface area contributed by atoms with E-state index >= 15 is 0 Å². The maximum Gasteiger partial charge on any atom is 0.329 e. The summed E-state index contributed by atoms with van der Waals surface area (Å²) in [5, 5.41) is 12.1. The fourth-order valence-electron chi connectivity index (χ4n) is 1.14. The molecule has 8 heteroatoms. The monoisotopic (exact) mass is 250 g/mol. The van der Waals surface area contributed by atoms with Crippen molar-refractivity contribution in [3.8, 4) is 11.6 Å². The molecule has 0 aliphatic heterocycles. The fourth-order valence-corrected chi connectivity index (χ4v) is 1.14. The van der Waals surface area contributed by atoms with Crippen molar-refractivity contribution in [2.45, 2.75) is 13.5 Å². The minimum absolute atomic E-state index is 0.0643. The van der Waals surface area contributed by atoms with Crippen molar-refractivity contribution < 1.29 is 19.2 Å². The maximum atomic E-state index is 10.2. The van der Waals surface area contributed by atoms with Gasteiger partial charge >= 0.3 is 5.97 Å². The van der Waals surface area contributed by atoms with Crippen molar-refractivity contribution in [2.24, 2.45) is 0 Å². The lowest BCUT2D eigenvalue weighted by Gasteiger charge is -1.94. The van der Waals surface area contributed by atoms with Crippen LogP contribution in [0.25, 0.3) is 11.6 Å². The van der Waals surface area contributed by atoms with Crippen LogP contribution in [0, 0.1) is 6.92 Å². The third-order valence-electron chi connectivity index (χ3n) is 1.90. The second-order valence-corrected chi connectivity index (χ2v) is 3.48. The number of carboxylic acids is 1. The van der Waals surface area contributed by atoms with E-state index in [9.17, 15) is 4.79 Å². The van der Waals surface area contributed by atoms with Crippen molar-refractivity contribution in [3.05, 3.63) is 23.8 Å². The van der Waals surface area contributed by atoms with Gasteiger partial charge in [0.15, 0.2) is 0 Å². The van der Waals surface area contributed by atoms with Gasteiger partial charge in [0.25, 0.3) is 5.89 Å². The molecule has 0 unspecified atom stereocenters. The SMILES string of the molecule is Cc1cnc(-c2noc(COCC(=O)O)n2)nc1. The van der Waals surface area contributed by atoms with E-state index in [1.54, 1.807) is 12.4 Å². The number of rotatable bonds is 5. The highest BCUT2D eigenvalue weighted by atomic mass is 16.5. The van der Waals surface area contributed by atoms with Crippen molar-refractivity contribution >= 4 is 5.97 Å². The molecule has 2 heterocycles. The second kappa shape index (κ2) is 5.32. The first-order chi connectivity index (χ1) is 8.65. The van der Waals surface area contributed by atoms with Gasteiger partial charge in [0.1, 0.15) is 13.2 Å². The number of aromatic nitrogens is 4. The quantitative estimate of drug-likeness (QED) is 0.813. The largest absolute Gasteiger partial charge is 0.480 e. The van der Waals surface area contributed by atoms with Gasteiger partial charge in [0, 0.05) is 12.4 Å². The summed E-state index contributed by atoms with van der Waals surface area (Å²) in [5.41, 5.74) is 0.923. The fraction of sp³-hybridized carbons (Fsp3) is 0.300. The van der Waals surface area contributed by atoms with Crippen molar-refractivity contribution in [3.63, 3.8) is 0 Å². The van der Waals surface area contributed by atoms with Crippen LogP contribution >= 0.6 is 0 Å². The average Bonchev–Trinajstić information content (AvgIpc) is 2.78. The summed E-state index contributed by atoms with van der Waals surface area (Å²) in [5.74, 6) is -0.301. The van der Waals surface area contributed by atoms with Crippen LogP contribution in [-0.2, 0) is 16.1 Å². The third kappa shape index (κ3) is 3.08. The van der Waals surface area contributed by atoms with E-state index in [2.05, 4.69) is 20.1 Å². The normalized spacial score (nSPS) is 10.5. The topological polar surface area (TPSA) is 111 Å². The van der Waals surface area contributed by atoms with Crippen LogP contribution in [0.2, 0.25) is 0 Å². The Morgan fingerprint density at radius 3 is 2.78 bits per heavy atom. The van der Waals surface area contributed by atoms with Crippen LogP contribution in [-0.4, -0.2) is 37.8 Å². The molecule has 0 amide bonds. The molecule has 0 radical (unpaired) electrons. The van der Waals surface area contributed by atoms with E-state index in [1.807, 2.05) is 6.92 Å². The van der Waals surface area contributed by atoms with Crippen LogP contribution in [0.4, 0.5) is 0 Å². The van der Waals surface area contributed by atoms with E-state index in [0.29, 0.717) is 5.82 Å². The van der Waals surface area contributed by atoms with Crippen LogP contribution in [0.5, 0.6) is 0 Å². The summed E-state index contributed by atoms with van der Waals surface area (Å²) in [7, 11) is 0. The molecule has 94 valence electrons. The van der Waals surface area contributed by atoms with Gasteiger partial charge in [-0.25, -0.2) is 14.8 Å². The Bertz CT molecular complexity index is 537. The molecule has 8 nitrogen and oxygen atoms in total. The first kappa shape index (κ1) is 12.1. The summed E-state index contributed by atoms with van der Waals surface area (Å²) < 4.78 is 9.68. The number of hydrogen-bond donors (Lipinski definition) is 1. The van der Waals surface area contributed by atoms with Gasteiger partial charge in [-0.1, -0.05) is 5.16 Å². The second-order valence-electron chi connectivity index (χ2n) is 3.48. The molecule has 0 saturated carbocycles. The highest BCUT2D eigenvalue weighted by molar-refractivity contribution is 5.67. The number of carbonyl (C=O) groups is 1. The molecule has 0 saturated heterocycles. The molecular formula is C10H10N4O4. The Hall–Kier alpha value is -2.35. The number of aryl methyl sites for hydroxylation is 1. The summed E-state index contributed by atoms with van der Waals surface area (Å²) in [4.78, 5) is 22.3. The van der Waals surface area contributed by atoms with Gasteiger partial charge in [0.05, 0.1) is 0 Å². The smallest absolute Gasteiger partial charge is 0.329 e. The maximum absolute atomic E-state index is 10.2.